The van der Waals surface area contributed by atoms with Crippen molar-refractivity contribution in [1.82, 2.24) is 0 Å². The van der Waals surface area contributed by atoms with E-state index in [-0.39, 0.29) is 17.3 Å². The van der Waals surface area contributed by atoms with E-state index in [4.69, 9.17) is 9.47 Å². The molecule has 0 fully saturated rings. The maximum Gasteiger partial charge on any atom is 0.228 e. The Labute approximate surface area is 127 Å². The number of allylic oxidation sites excluding steroid dienone is 1. The SMILES string of the molecule is CCOC1CC2=C(O1)C(=O)c1ccc3ccccc3c1C2=O. The van der Waals surface area contributed by atoms with Gasteiger partial charge < -0.3 is 9.47 Å². The summed E-state index contributed by atoms with van der Waals surface area (Å²) < 4.78 is 11.0. The molecule has 2 aromatic carbocycles. The molecule has 0 bridgehead atoms. The van der Waals surface area contributed by atoms with E-state index in [1.807, 2.05) is 37.3 Å². The molecular formula is C18H14O4. The molecule has 0 radical (unpaired) electrons. The van der Waals surface area contributed by atoms with Gasteiger partial charge >= 0.3 is 0 Å². The largest absolute Gasteiger partial charge is 0.460 e. The lowest BCUT2D eigenvalue weighted by molar-refractivity contribution is -0.0937. The molecule has 1 aliphatic carbocycles. The van der Waals surface area contributed by atoms with Gasteiger partial charge in [0.15, 0.2) is 11.5 Å². The van der Waals surface area contributed by atoms with Crippen molar-refractivity contribution < 1.29 is 19.1 Å². The van der Waals surface area contributed by atoms with Crippen molar-refractivity contribution >= 4 is 22.3 Å². The van der Waals surface area contributed by atoms with E-state index in [9.17, 15) is 9.59 Å². The Morgan fingerprint density at radius 1 is 1.14 bits per heavy atom. The Morgan fingerprint density at radius 3 is 2.77 bits per heavy atom. The fourth-order valence-electron chi connectivity index (χ4n) is 3.15. The maximum absolute atomic E-state index is 12.9. The van der Waals surface area contributed by atoms with Gasteiger partial charge in [0.1, 0.15) is 0 Å². The first kappa shape index (κ1) is 13.2. The molecule has 0 N–H and O–H groups in total. The number of hydrogen-bond donors (Lipinski definition) is 0. The average molecular weight is 294 g/mol. The summed E-state index contributed by atoms with van der Waals surface area (Å²) in [5.74, 6) is -0.188. The van der Waals surface area contributed by atoms with Gasteiger partial charge in [-0.3, -0.25) is 9.59 Å². The molecule has 0 saturated heterocycles. The van der Waals surface area contributed by atoms with Crippen LogP contribution in [0.3, 0.4) is 0 Å². The van der Waals surface area contributed by atoms with E-state index < -0.39 is 6.29 Å². The highest BCUT2D eigenvalue weighted by molar-refractivity contribution is 6.30. The molecular weight excluding hydrogens is 280 g/mol. The molecule has 0 spiro atoms. The van der Waals surface area contributed by atoms with Crippen molar-refractivity contribution in [2.75, 3.05) is 6.61 Å². The standard InChI is InChI=1S/C18H14O4/c1-2-21-14-9-13-16(19)15-11-6-4-3-5-10(11)7-8-12(15)17(20)18(13)22-14/h3-8,14H,2,9H2,1H3. The number of benzene rings is 2. The number of ether oxygens (including phenoxy) is 2. The van der Waals surface area contributed by atoms with Crippen LogP contribution in [0.4, 0.5) is 0 Å². The zero-order valence-corrected chi connectivity index (χ0v) is 12.1. The van der Waals surface area contributed by atoms with Crippen LogP contribution >= 0.6 is 0 Å². The van der Waals surface area contributed by atoms with Crippen LogP contribution in [-0.2, 0) is 9.47 Å². The van der Waals surface area contributed by atoms with E-state index in [0.29, 0.717) is 29.7 Å². The normalized spacial score (nSPS) is 20.1. The Morgan fingerprint density at radius 2 is 1.95 bits per heavy atom. The van der Waals surface area contributed by atoms with Crippen molar-refractivity contribution in [3.05, 3.63) is 58.9 Å². The Hall–Kier alpha value is -2.46. The summed E-state index contributed by atoms with van der Waals surface area (Å²) in [5, 5.41) is 1.76. The first-order chi connectivity index (χ1) is 10.7. The van der Waals surface area contributed by atoms with Crippen LogP contribution in [-0.4, -0.2) is 24.5 Å². The summed E-state index contributed by atoms with van der Waals surface area (Å²) in [7, 11) is 0. The zero-order valence-electron chi connectivity index (χ0n) is 12.1. The predicted octanol–water partition coefficient (Wildman–Crippen LogP) is 3.26. The van der Waals surface area contributed by atoms with Crippen molar-refractivity contribution in [2.24, 2.45) is 0 Å². The number of Topliss-reactive ketones (excluding diaryl/α,β-unsaturated/α-hetero) is 2. The second-order valence-electron chi connectivity index (χ2n) is 5.38. The first-order valence-electron chi connectivity index (χ1n) is 7.33. The minimum Gasteiger partial charge on any atom is -0.460 e. The second-order valence-corrected chi connectivity index (χ2v) is 5.38. The van der Waals surface area contributed by atoms with Crippen LogP contribution in [0.1, 0.15) is 34.1 Å². The van der Waals surface area contributed by atoms with Gasteiger partial charge in [0.2, 0.25) is 12.1 Å². The quantitative estimate of drug-likeness (QED) is 0.853. The predicted molar refractivity (Wildman–Crippen MR) is 80.8 cm³/mol. The molecule has 1 heterocycles. The average Bonchev–Trinajstić information content (AvgIpc) is 2.96. The molecule has 1 aliphatic heterocycles. The third-order valence-corrected chi connectivity index (χ3v) is 4.13. The molecule has 2 aromatic rings. The third-order valence-electron chi connectivity index (χ3n) is 4.13. The molecule has 0 saturated carbocycles. The van der Waals surface area contributed by atoms with E-state index in [1.165, 1.54) is 0 Å². The summed E-state index contributed by atoms with van der Waals surface area (Å²) in [6.45, 7) is 2.33. The van der Waals surface area contributed by atoms with E-state index in [1.54, 1.807) is 6.07 Å². The fourth-order valence-corrected chi connectivity index (χ4v) is 3.15. The van der Waals surface area contributed by atoms with E-state index in [2.05, 4.69) is 0 Å². The minimum atomic E-state index is -0.538. The highest BCUT2D eigenvalue weighted by Crippen LogP contribution is 2.38. The Kier molecular flexibility index (Phi) is 2.87. The lowest BCUT2D eigenvalue weighted by Gasteiger charge is -2.17. The molecule has 1 atom stereocenters. The number of ketones is 2. The van der Waals surface area contributed by atoms with Gasteiger partial charge in [-0.05, 0) is 23.8 Å². The van der Waals surface area contributed by atoms with Gasteiger partial charge in [0, 0.05) is 24.2 Å². The Bertz CT molecular complexity index is 847. The monoisotopic (exact) mass is 294 g/mol. The molecule has 2 aliphatic rings. The van der Waals surface area contributed by atoms with Crippen LogP contribution in [0, 0.1) is 0 Å². The number of fused-ring (bicyclic) bond motifs is 3. The smallest absolute Gasteiger partial charge is 0.228 e. The topological polar surface area (TPSA) is 52.6 Å². The molecule has 22 heavy (non-hydrogen) atoms. The minimum absolute atomic E-state index is 0.122. The van der Waals surface area contributed by atoms with Crippen LogP contribution in [0.5, 0.6) is 0 Å². The summed E-state index contributed by atoms with van der Waals surface area (Å²) >= 11 is 0. The molecule has 110 valence electrons. The highest BCUT2D eigenvalue weighted by Gasteiger charge is 2.41. The number of rotatable bonds is 2. The van der Waals surface area contributed by atoms with Crippen LogP contribution < -0.4 is 0 Å². The lowest BCUT2D eigenvalue weighted by atomic mass is 9.84. The van der Waals surface area contributed by atoms with Crippen molar-refractivity contribution in [3.8, 4) is 0 Å². The van der Waals surface area contributed by atoms with E-state index >= 15 is 0 Å². The van der Waals surface area contributed by atoms with Gasteiger partial charge in [-0.1, -0.05) is 30.3 Å². The fraction of sp³-hybridized carbons (Fsp3) is 0.222. The summed E-state index contributed by atoms with van der Waals surface area (Å²) in [5.41, 5.74) is 1.34. The highest BCUT2D eigenvalue weighted by atomic mass is 16.7. The summed E-state index contributed by atoms with van der Waals surface area (Å²) in [6.07, 6.45) is -0.209. The van der Waals surface area contributed by atoms with E-state index in [0.717, 1.165) is 10.8 Å². The lowest BCUT2D eigenvalue weighted by Crippen LogP contribution is -2.20. The number of carbonyl (C=O) groups is 2. The van der Waals surface area contributed by atoms with Crippen LogP contribution in [0.25, 0.3) is 10.8 Å². The van der Waals surface area contributed by atoms with Gasteiger partial charge in [-0.15, -0.1) is 0 Å². The van der Waals surface area contributed by atoms with Crippen molar-refractivity contribution in [2.45, 2.75) is 19.6 Å². The van der Waals surface area contributed by atoms with Crippen molar-refractivity contribution in [1.29, 1.82) is 0 Å². The van der Waals surface area contributed by atoms with Crippen LogP contribution in [0.15, 0.2) is 47.7 Å². The molecule has 4 rings (SSSR count). The summed E-state index contributed by atoms with van der Waals surface area (Å²) in [6, 6.07) is 11.2. The number of carbonyl (C=O) groups excluding carboxylic acids is 2. The third kappa shape index (κ3) is 1.74. The van der Waals surface area contributed by atoms with Gasteiger partial charge in [-0.25, -0.2) is 0 Å². The van der Waals surface area contributed by atoms with Gasteiger partial charge in [0.05, 0.1) is 5.57 Å². The maximum atomic E-state index is 12.9. The summed E-state index contributed by atoms with van der Waals surface area (Å²) in [4.78, 5) is 25.5. The molecule has 1 unspecified atom stereocenters. The van der Waals surface area contributed by atoms with Crippen LogP contribution in [0.2, 0.25) is 0 Å². The number of hydrogen-bond acceptors (Lipinski definition) is 4. The molecule has 0 aromatic heterocycles. The molecule has 0 amide bonds. The van der Waals surface area contributed by atoms with Gasteiger partial charge in [0.25, 0.3) is 0 Å². The van der Waals surface area contributed by atoms with Gasteiger partial charge in [-0.2, -0.15) is 0 Å². The first-order valence-corrected chi connectivity index (χ1v) is 7.33. The molecule has 4 heteroatoms. The molecule has 4 nitrogen and oxygen atoms in total. The second kappa shape index (κ2) is 4.78. The zero-order chi connectivity index (χ0) is 15.3. The Balaban J connectivity index is 1.88. The van der Waals surface area contributed by atoms with Crippen molar-refractivity contribution in [3.63, 3.8) is 0 Å².